The maximum absolute atomic E-state index is 8.90. The van der Waals surface area contributed by atoms with Crippen molar-refractivity contribution in [2.45, 2.75) is 19.4 Å². The molecule has 0 aromatic rings. The molecule has 0 aliphatic carbocycles. The van der Waals surface area contributed by atoms with Crippen LogP contribution in [0.3, 0.4) is 0 Å². The van der Waals surface area contributed by atoms with Gasteiger partial charge in [-0.3, -0.25) is 0 Å². The van der Waals surface area contributed by atoms with Gasteiger partial charge in [-0.05, 0) is 24.9 Å². The summed E-state index contributed by atoms with van der Waals surface area (Å²) in [6.45, 7) is 3.43. The molecule has 0 bridgehead atoms. The highest BCUT2D eigenvalue weighted by Crippen LogP contribution is 2.02. The largest absolute Gasteiger partial charge is 0.386 e. The molecule has 0 atom stereocenters. The van der Waals surface area contributed by atoms with Crippen molar-refractivity contribution >= 4 is 15.9 Å². The van der Waals surface area contributed by atoms with Crippen LogP contribution in [0.15, 0.2) is 11.1 Å². The molecule has 1 N–H and O–H groups in total. The van der Waals surface area contributed by atoms with Crippen LogP contribution in [0.5, 0.6) is 0 Å². The van der Waals surface area contributed by atoms with E-state index in [2.05, 4.69) is 15.9 Å². The van der Waals surface area contributed by atoms with Gasteiger partial charge < -0.3 is 5.11 Å². The van der Waals surface area contributed by atoms with Crippen molar-refractivity contribution in [3.63, 3.8) is 0 Å². The molecule has 0 radical (unpaired) electrons. The van der Waals surface area contributed by atoms with Crippen molar-refractivity contribution in [3.8, 4) is 0 Å². The summed E-state index contributed by atoms with van der Waals surface area (Å²) in [6.07, 6.45) is 1.66. The minimum absolute atomic E-state index is 0.677. The molecule has 0 aliphatic rings. The first-order valence-corrected chi connectivity index (χ1v) is 2.98. The third kappa shape index (κ3) is 6.18. The van der Waals surface area contributed by atoms with Crippen LogP contribution in [0.1, 0.15) is 13.8 Å². The second-order valence-electron chi connectivity index (χ2n) is 1.95. The Labute approximate surface area is 52.2 Å². The van der Waals surface area contributed by atoms with E-state index in [9.17, 15) is 0 Å². The second-order valence-corrected chi connectivity index (χ2v) is 2.47. The first-order chi connectivity index (χ1) is 3.06. The van der Waals surface area contributed by atoms with Crippen LogP contribution >= 0.6 is 15.9 Å². The summed E-state index contributed by atoms with van der Waals surface area (Å²) in [7, 11) is 0. The minimum Gasteiger partial charge on any atom is -0.386 e. The maximum Gasteiger partial charge on any atom is 0.0779 e. The smallest absolute Gasteiger partial charge is 0.0779 e. The zero-order valence-electron chi connectivity index (χ0n) is 4.48. The summed E-state index contributed by atoms with van der Waals surface area (Å²) >= 11 is 3.04. The summed E-state index contributed by atoms with van der Waals surface area (Å²) in [6, 6.07) is 0. The van der Waals surface area contributed by atoms with E-state index in [-0.39, 0.29) is 0 Å². The van der Waals surface area contributed by atoms with Gasteiger partial charge in [0.2, 0.25) is 0 Å². The van der Waals surface area contributed by atoms with Crippen LogP contribution in [-0.2, 0) is 0 Å². The van der Waals surface area contributed by atoms with Gasteiger partial charge in [0, 0.05) is 0 Å². The first-order valence-electron chi connectivity index (χ1n) is 2.06. The molecule has 0 fully saturated rings. The lowest BCUT2D eigenvalue weighted by atomic mass is 10.1. The molecule has 0 amide bonds. The number of halogens is 1. The van der Waals surface area contributed by atoms with E-state index in [1.54, 1.807) is 24.9 Å². The Morgan fingerprint density at radius 3 is 2.00 bits per heavy atom. The minimum atomic E-state index is -0.677. The molecule has 0 heterocycles. The van der Waals surface area contributed by atoms with Crippen molar-refractivity contribution in [3.05, 3.63) is 11.1 Å². The highest BCUT2D eigenvalue weighted by molar-refractivity contribution is 9.11. The van der Waals surface area contributed by atoms with E-state index in [1.807, 2.05) is 0 Å². The first kappa shape index (κ1) is 7.18. The Bertz CT molecular complexity index is 70.6. The van der Waals surface area contributed by atoms with Gasteiger partial charge >= 0.3 is 0 Å². The molecule has 42 valence electrons. The van der Waals surface area contributed by atoms with Gasteiger partial charge in [0.25, 0.3) is 0 Å². The van der Waals surface area contributed by atoms with Gasteiger partial charge in [-0.2, -0.15) is 0 Å². The van der Waals surface area contributed by atoms with Crippen molar-refractivity contribution in [2.75, 3.05) is 0 Å². The topological polar surface area (TPSA) is 20.2 Å². The summed E-state index contributed by atoms with van der Waals surface area (Å²) in [5.41, 5.74) is -0.677. The van der Waals surface area contributed by atoms with E-state index in [4.69, 9.17) is 5.11 Å². The molecule has 0 saturated carbocycles. The number of rotatable bonds is 1. The Hall–Kier alpha value is 0.180. The zero-order chi connectivity index (χ0) is 5.91. The SMILES string of the molecule is CC(C)(O)C=CBr. The maximum atomic E-state index is 8.90. The van der Waals surface area contributed by atoms with E-state index < -0.39 is 5.60 Å². The number of aliphatic hydroxyl groups is 1. The average Bonchev–Trinajstić information content (AvgIpc) is 1.30. The van der Waals surface area contributed by atoms with Crippen LogP contribution in [0, 0.1) is 0 Å². The predicted octanol–water partition coefficient (Wildman–Crippen LogP) is 1.67. The zero-order valence-corrected chi connectivity index (χ0v) is 6.07. The molecular weight excluding hydrogens is 156 g/mol. The summed E-state index contributed by atoms with van der Waals surface area (Å²) in [5.74, 6) is 0. The highest BCUT2D eigenvalue weighted by Gasteiger charge is 2.03. The average molecular weight is 165 g/mol. The fourth-order valence-electron chi connectivity index (χ4n) is 0.154. The Morgan fingerprint density at radius 1 is 1.57 bits per heavy atom. The standard InChI is InChI=1S/C5H9BrO/c1-5(2,7)3-4-6/h3-4,7H,1-2H3. The lowest BCUT2D eigenvalue weighted by molar-refractivity contribution is 0.133. The molecule has 0 aromatic carbocycles. The van der Waals surface area contributed by atoms with Gasteiger partial charge in [-0.25, -0.2) is 0 Å². The monoisotopic (exact) mass is 164 g/mol. The lowest BCUT2D eigenvalue weighted by Crippen LogP contribution is -2.12. The number of hydrogen-bond donors (Lipinski definition) is 1. The fourth-order valence-corrected chi connectivity index (χ4v) is 0.801. The van der Waals surface area contributed by atoms with Crippen LogP contribution in [0.2, 0.25) is 0 Å². The summed E-state index contributed by atoms with van der Waals surface area (Å²) in [5, 5.41) is 8.90. The lowest BCUT2D eigenvalue weighted by Gasteiger charge is -2.08. The van der Waals surface area contributed by atoms with Gasteiger partial charge in [0.15, 0.2) is 0 Å². The van der Waals surface area contributed by atoms with E-state index in [0.29, 0.717) is 0 Å². The summed E-state index contributed by atoms with van der Waals surface area (Å²) < 4.78 is 0. The summed E-state index contributed by atoms with van der Waals surface area (Å²) in [4.78, 5) is 1.65. The third-order valence-electron chi connectivity index (χ3n) is 0.471. The van der Waals surface area contributed by atoms with Gasteiger partial charge in [0.05, 0.1) is 5.60 Å². The molecule has 0 unspecified atom stereocenters. The Morgan fingerprint density at radius 2 is 2.00 bits per heavy atom. The number of hydrogen-bond acceptors (Lipinski definition) is 1. The Kier molecular flexibility index (Phi) is 2.54. The normalized spacial score (nSPS) is 13.1. The molecular formula is C5H9BrO. The second kappa shape index (κ2) is 2.48. The Balaban J connectivity index is 3.56. The quantitative estimate of drug-likeness (QED) is 0.626. The van der Waals surface area contributed by atoms with E-state index >= 15 is 0 Å². The molecule has 0 aromatic heterocycles. The molecule has 0 saturated heterocycles. The van der Waals surface area contributed by atoms with Crippen molar-refractivity contribution < 1.29 is 5.11 Å². The predicted molar refractivity (Wildman–Crippen MR) is 34.4 cm³/mol. The van der Waals surface area contributed by atoms with Crippen LogP contribution < -0.4 is 0 Å². The molecule has 7 heavy (non-hydrogen) atoms. The van der Waals surface area contributed by atoms with E-state index in [1.165, 1.54) is 0 Å². The molecule has 2 heteroatoms. The van der Waals surface area contributed by atoms with Gasteiger partial charge in [0.1, 0.15) is 0 Å². The van der Waals surface area contributed by atoms with Crippen molar-refractivity contribution in [1.82, 2.24) is 0 Å². The van der Waals surface area contributed by atoms with E-state index in [0.717, 1.165) is 0 Å². The van der Waals surface area contributed by atoms with Crippen molar-refractivity contribution in [2.24, 2.45) is 0 Å². The molecule has 0 spiro atoms. The van der Waals surface area contributed by atoms with Crippen LogP contribution in [-0.4, -0.2) is 10.7 Å². The van der Waals surface area contributed by atoms with Crippen molar-refractivity contribution in [1.29, 1.82) is 0 Å². The van der Waals surface area contributed by atoms with Crippen LogP contribution in [0.4, 0.5) is 0 Å². The van der Waals surface area contributed by atoms with Gasteiger partial charge in [-0.15, -0.1) is 0 Å². The third-order valence-corrected chi connectivity index (χ3v) is 0.735. The highest BCUT2D eigenvalue weighted by atomic mass is 79.9. The molecule has 0 rings (SSSR count). The van der Waals surface area contributed by atoms with Crippen LogP contribution in [0.25, 0.3) is 0 Å². The molecule has 0 aliphatic heterocycles. The van der Waals surface area contributed by atoms with Gasteiger partial charge in [-0.1, -0.05) is 15.9 Å². The fraction of sp³-hybridized carbons (Fsp3) is 0.600. The molecule has 1 nitrogen and oxygen atoms in total.